The largest absolute Gasteiger partial charge is 0.391 e. The van der Waals surface area contributed by atoms with Crippen LogP contribution in [0.15, 0.2) is 17.3 Å². The molecular formula is C24H37ClN2O2. The lowest BCUT2D eigenvalue weighted by Crippen LogP contribution is -2.54. The number of Topliss-reactive ketones (excluding diaryl/α,β-unsaturated/α-hetero) is 1. The van der Waals surface area contributed by atoms with E-state index < -0.39 is 0 Å². The van der Waals surface area contributed by atoms with E-state index in [9.17, 15) is 4.79 Å². The predicted molar refractivity (Wildman–Crippen MR) is 118 cm³/mol. The molecule has 0 bridgehead atoms. The van der Waals surface area contributed by atoms with Crippen LogP contribution in [0.5, 0.6) is 0 Å². The first-order chi connectivity index (χ1) is 13.4. The number of nitrogens with zero attached hydrogens (tertiary/aromatic N) is 1. The van der Waals surface area contributed by atoms with Crippen molar-refractivity contribution in [2.24, 2.45) is 39.7 Å². The van der Waals surface area contributed by atoms with Crippen LogP contribution >= 0.6 is 12.4 Å². The smallest absolute Gasteiger partial charge is 0.141 e. The SMILES string of the molecule is C=C1C[C@@H]2[C@@H](CC[C@]3(C)C(=O)CC[C@@H]23)[C@@]2(C)CCC(=NO[C@@H]3CCNC3)CC12.Cl. The van der Waals surface area contributed by atoms with Crippen molar-refractivity contribution in [3.05, 3.63) is 12.2 Å². The number of halogens is 1. The minimum absolute atomic E-state index is 0. The number of hydrogen-bond acceptors (Lipinski definition) is 4. The summed E-state index contributed by atoms with van der Waals surface area (Å²) in [6.07, 6.45) is 9.96. The van der Waals surface area contributed by atoms with Crippen LogP contribution in [-0.2, 0) is 9.63 Å². The van der Waals surface area contributed by atoms with Crippen molar-refractivity contribution in [1.29, 1.82) is 0 Å². The zero-order valence-corrected chi connectivity index (χ0v) is 18.9. The molecule has 0 radical (unpaired) electrons. The molecular weight excluding hydrogens is 384 g/mol. The van der Waals surface area contributed by atoms with Gasteiger partial charge in [0.2, 0.25) is 0 Å². The molecule has 1 heterocycles. The van der Waals surface area contributed by atoms with Gasteiger partial charge in [-0.05, 0) is 80.6 Å². The van der Waals surface area contributed by atoms with Crippen LogP contribution in [0, 0.1) is 34.5 Å². The molecule has 0 aromatic carbocycles. The number of carbonyl (C=O) groups is 1. The Kier molecular flexibility index (Phi) is 5.65. The molecule has 7 atom stereocenters. The fourth-order valence-corrected chi connectivity index (χ4v) is 7.77. The van der Waals surface area contributed by atoms with Crippen molar-refractivity contribution in [1.82, 2.24) is 5.32 Å². The Morgan fingerprint density at radius 1 is 1.10 bits per heavy atom. The Hall–Kier alpha value is -0.870. The van der Waals surface area contributed by atoms with Crippen LogP contribution in [0.3, 0.4) is 0 Å². The molecule has 162 valence electrons. The highest BCUT2D eigenvalue weighted by Gasteiger charge is 2.60. The highest BCUT2D eigenvalue weighted by Crippen LogP contribution is 2.66. The van der Waals surface area contributed by atoms with E-state index in [2.05, 4.69) is 30.9 Å². The van der Waals surface area contributed by atoms with Gasteiger partial charge in [0.1, 0.15) is 11.9 Å². The first-order valence-electron chi connectivity index (χ1n) is 11.5. The first kappa shape index (κ1) is 21.4. The van der Waals surface area contributed by atoms with Crippen LogP contribution in [0.1, 0.15) is 71.6 Å². The molecule has 4 nitrogen and oxygen atoms in total. The lowest BCUT2D eigenvalue weighted by atomic mass is 9.44. The molecule has 0 spiro atoms. The van der Waals surface area contributed by atoms with Gasteiger partial charge in [-0.1, -0.05) is 31.2 Å². The molecule has 0 aromatic heterocycles. The van der Waals surface area contributed by atoms with Crippen LogP contribution in [0.2, 0.25) is 0 Å². The molecule has 5 heteroatoms. The Bertz CT molecular complexity index is 716. The average molecular weight is 421 g/mol. The van der Waals surface area contributed by atoms with Gasteiger partial charge in [0.25, 0.3) is 0 Å². The Morgan fingerprint density at radius 3 is 2.69 bits per heavy atom. The van der Waals surface area contributed by atoms with Gasteiger partial charge in [0, 0.05) is 24.8 Å². The minimum Gasteiger partial charge on any atom is -0.391 e. The molecule has 4 saturated carbocycles. The highest BCUT2D eigenvalue weighted by atomic mass is 35.5. The second-order valence-corrected chi connectivity index (χ2v) is 10.8. The summed E-state index contributed by atoms with van der Waals surface area (Å²) in [5, 5.41) is 7.93. The Morgan fingerprint density at radius 2 is 1.93 bits per heavy atom. The molecule has 0 amide bonds. The van der Waals surface area contributed by atoms with Crippen molar-refractivity contribution in [3.63, 3.8) is 0 Å². The number of fused-ring (bicyclic) bond motifs is 5. The summed E-state index contributed by atoms with van der Waals surface area (Å²) < 4.78 is 0. The third kappa shape index (κ3) is 3.29. The normalized spacial score (nSPS) is 47.9. The van der Waals surface area contributed by atoms with E-state index in [-0.39, 0.29) is 23.9 Å². The maximum Gasteiger partial charge on any atom is 0.141 e. The number of carbonyl (C=O) groups excluding carboxylic acids is 1. The van der Waals surface area contributed by atoms with E-state index in [0.717, 1.165) is 64.0 Å². The predicted octanol–water partition coefficient (Wildman–Crippen LogP) is 4.92. The molecule has 1 aliphatic heterocycles. The fraction of sp³-hybridized carbons (Fsp3) is 0.833. The van der Waals surface area contributed by atoms with Crippen molar-refractivity contribution >= 4 is 23.9 Å². The summed E-state index contributed by atoms with van der Waals surface area (Å²) in [5.74, 6) is 3.06. The average Bonchev–Trinajstić information content (AvgIpc) is 3.29. The molecule has 0 aromatic rings. The molecule has 29 heavy (non-hydrogen) atoms. The fourth-order valence-electron chi connectivity index (χ4n) is 7.77. The van der Waals surface area contributed by atoms with Crippen molar-refractivity contribution < 1.29 is 9.63 Å². The number of allylic oxidation sites excluding steroid dienone is 1. The van der Waals surface area contributed by atoms with Gasteiger partial charge in [-0.25, -0.2) is 0 Å². The molecule has 1 unspecified atom stereocenters. The van der Waals surface area contributed by atoms with E-state index in [0.29, 0.717) is 29.0 Å². The van der Waals surface area contributed by atoms with Gasteiger partial charge in [-0.3, -0.25) is 4.79 Å². The topological polar surface area (TPSA) is 50.7 Å². The maximum atomic E-state index is 12.6. The zero-order chi connectivity index (χ0) is 19.5. The Balaban J connectivity index is 0.00000205. The van der Waals surface area contributed by atoms with E-state index in [1.165, 1.54) is 24.1 Å². The van der Waals surface area contributed by atoms with Gasteiger partial charge < -0.3 is 10.2 Å². The number of hydrogen-bond donors (Lipinski definition) is 1. The number of nitrogens with one attached hydrogen (secondary N) is 1. The standard InChI is InChI=1S/C24H36N2O2.ClH/c1-15-12-18-19-4-5-22(27)24(19,3)10-7-20(18)23(2)9-6-16(13-21(15)23)26-28-17-8-11-25-14-17;/h17-21,25H,1,4-14H2,2-3H3;1H/t17-,18+,19+,20-,21?,23-,24+;/m1./s1. The van der Waals surface area contributed by atoms with E-state index in [1.54, 1.807) is 0 Å². The van der Waals surface area contributed by atoms with Crippen LogP contribution in [-0.4, -0.2) is 30.7 Å². The van der Waals surface area contributed by atoms with Gasteiger partial charge >= 0.3 is 0 Å². The van der Waals surface area contributed by atoms with Crippen molar-refractivity contribution in [2.75, 3.05) is 13.1 Å². The first-order valence-corrected chi connectivity index (χ1v) is 11.5. The van der Waals surface area contributed by atoms with E-state index in [1.807, 2.05) is 0 Å². The summed E-state index contributed by atoms with van der Waals surface area (Å²) in [7, 11) is 0. The number of oxime groups is 1. The van der Waals surface area contributed by atoms with Crippen molar-refractivity contribution in [2.45, 2.75) is 77.7 Å². The lowest BCUT2D eigenvalue weighted by molar-refractivity contribution is -0.134. The van der Waals surface area contributed by atoms with Gasteiger partial charge in [0.15, 0.2) is 0 Å². The third-order valence-corrected chi connectivity index (χ3v) is 9.52. The minimum atomic E-state index is -0.0465. The second kappa shape index (κ2) is 7.67. The summed E-state index contributed by atoms with van der Waals surface area (Å²) >= 11 is 0. The van der Waals surface area contributed by atoms with E-state index >= 15 is 0 Å². The monoisotopic (exact) mass is 420 g/mol. The summed E-state index contributed by atoms with van der Waals surface area (Å²) in [6.45, 7) is 11.3. The summed E-state index contributed by atoms with van der Waals surface area (Å²) in [4.78, 5) is 18.5. The highest BCUT2D eigenvalue weighted by molar-refractivity contribution is 5.87. The molecule has 1 N–H and O–H groups in total. The van der Waals surface area contributed by atoms with Crippen LogP contribution < -0.4 is 5.32 Å². The molecule has 5 fully saturated rings. The van der Waals surface area contributed by atoms with E-state index in [4.69, 9.17) is 4.84 Å². The second-order valence-electron chi connectivity index (χ2n) is 10.8. The number of ketones is 1. The van der Waals surface area contributed by atoms with Gasteiger partial charge in [0.05, 0.1) is 5.71 Å². The molecule has 4 aliphatic carbocycles. The van der Waals surface area contributed by atoms with Crippen LogP contribution in [0.4, 0.5) is 0 Å². The molecule has 5 aliphatic rings. The zero-order valence-electron chi connectivity index (χ0n) is 18.0. The third-order valence-electron chi connectivity index (χ3n) is 9.52. The molecule has 5 rings (SSSR count). The molecule has 1 saturated heterocycles. The Labute approximate surface area is 181 Å². The maximum absolute atomic E-state index is 12.6. The lowest BCUT2D eigenvalue weighted by Gasteiger charge is -2.60. The van der Waals surface area contributed by atoms with Crippen molar-refractivity contribution in [3.8, 4) is 0 Å². The quantitative estimate of drug-likeness (QED) is 0.509. The van der Waals surface area contributed by atoms with Gasteiger partial charge in [-0.2, -0.15) is 0 Å². The number of rotatable bonds is 2. The summed E-state index contributed by atoms with van der Waals surface area (Å²) in [5.41, 5.74) is 2.93. The van der Waals surface area contributed by atoms with Gasteiger partial charge in [-0.15, -0.1) is 12.4 Å². The van der Waals surface area contributed by atoms with Crippen LogP contribution in [0.25, 0.3) is 0 Å². The summed E-state index contributed by atoms with van der Waals surface area (Å²) in [6, 6.07) is 0.